The zero-order chi connectivity index (χ0) is 14.8. The van der Waals surface area contributed by atoms with Crippen LogP contribution in [0, 0.1) is 12.7 Å². The van der Waals surface area contributed by atoms with Gasteiger partial charge in [0.25, 0.3) is 0 Å². The largest absolute Gasteiger partial charge is 0.379 e. The van der Waals surface area contributed by atoms with Gasteiger partial charge in [0.1, 0.15) is 5.82 Å². The van der Waals surface area contributed by atoms with Crippen molar-refractivity contribution in [2.75, 3.05) is 26.3 Å². The first-order valence-corrected chi connectivity index (χ1v) is 7.24. The lowest BCUT2D eigenvalue weighted by atomic mass is 9.87. The number of hydrogen-bond acceptors (Lipinski definition) is 3. The standard InChI is InChI=1S/C16H25FN2O/c1-12-10-14(17)5-4-13(12)11-15(18)16(2,3)19-6-8-20-9-7-19/h4-5,10,15H,6-9,11,18H2,1-3H3. The molecule has 4 heteroatoms. The van der Waals surface area contributed by atoms with Crippen molar-refractivity contribution in [2.24, 2.45) is 5.73 Å². The minimum absolute atomic E-state index is 0.00441. The molecule has 3 nitrogen and oxygen atoms in total. The fourth-order valence-corrected chi connectivity index (χ4v) is 2.75. The summed E-state index contributed by atoms with van der Waals surface area (Å²) in [5.74, 6) is -0.188. The molecule has 2 N–H and O–H groups in total. The molecule has 1 aliphatic rings. The average molecular weight is 280 g/mol. The zero-order valence-electron chi connectivity index (χ0n) is 12.7. The van der Waals surface area contributed by atoms with E-state index in [1.807, 2.05) is 13.0 Å². The van der Waals surface area contributed by atoms with Gasteiger partial charge in [-0.2, -0.15) is 0 Å². The molecule has 0 aromatic heterocycles. The van der Waals surface area contributed by atoms with Crippen LogP contribution in [0.25, 0.3) is 0 Å². The summed E-state index contributed by atoms with van der Waals surface area (Å²) in [6.07, 6.45) is 0.760. The Labute approximate surface area is 120 Å². The van der Waals surface area contributed by atoms with Gasteiger partial charge in [-0.1, -0.05) is 6.07 Å². The molecule has 1 aliphatic heterocycles. The van der Waals surface area contributed by atoms with E-state index in [9.17, 15) is 4.39 Å². The Morgan fingerprint density at radius 1 is 1.35 bits per heavy atom. The van der Waals surface area contributed by atoms with E-state index in [2.05, 4.69) is 18.7 Å². The molecule has 1 aromatic rings. The first-order chi connectivity index (χ1) is 9.41. The molecule has 1 aromatic carbocycles. The Bertz CT molecular complexity index is 456. The number of hydrogen-bond donors (Lipinski definition) is 1. The summed E-state index contributed by atoms with van der Waals surface area (Å²) in [5, 5.41) is 0. The number of nitrogens with zero attached hydrogens (tertiary/aromatic N) is 1. The molecule has 0 radical (unpaired) electrons. The number of nitrogens with two attached hydrogens (primary N) is 1. The second-order valence-electron chi connectivity index (χ2n) is 6.13. The average Bonchev–Trinajstić information content (AvgIpc) is 2.42. The second kappa shape index (κ2) is 6.20. The number of ether oxygens (including phenoxy) is 1. The maximum atomic E-state index is 13.2. The normalized spacial score (nSPS) is 19.1. The highest BCUT2D eigenvalue weighted by Crippen LogP contribution is 2.23. The van der Waals surface area contributed by atoms with Crippen LogP contribution in [0.1, 0.15) is 25.0 Å². The van der Waals surface area contributed by atoms with Crippen LogP contribution in [0.3, 0.4) is 0 Å². The van der Waals surface area contributed by atoms with E-state index in [4.69, 9.17) is 10.5 Å². The van der Waals surface area contributed by atoms with Crippen molar-refractivity contribution < 1.29 is 9.13 Å². The zero-order valence-corrected chi connectivity index (χ0v) is 12.7. The smallest absolute Gasteiger partial charge is 0.123 e. The number of rotatable bonds is 4. The van der Waals surface area contributed by atoms with Crippen molar-refractivity contribution in [3.63, 3.8) is 0 Å². The Morgan fingerprint density at radius 3 is 2.60 bits per heavy atom. The van der Waals surface area contributed by atoms with Crippen LogP contribution in [0.5, 0.6) is 0 Å². The lowest BCUT2D eigenvalue weighted by molar-refractivity contribution is -0.0186. The van der Waals surface area contributed by atoms with E-state index in [1.165, 1.54) is 6.07 Å². The first kappa shape index (κ1) is 15.4. The third kappa shape index (κ3) is 3.37. The van der Waals surface area contributed by atoms with Crippen LogP contribution < -0.4 is 5.73 Å². The van der Waals surface area contributed by atoms with Crippen LogP contribution in [0.2, 0.25) is 0 Å². The molecule has 1 saturated heterocycles. The number of morpholine rings is 1. The van der Waals surface area contributed by atoms with Gasteiger partial charge in [-0.25, -0.2) is 4.39 Å². The van der Waals surface area contributed by atoms with Gasteiger partial charge in [0.15, 0.2) is 0 Å². The first-order valence-electron chi connectivity index (χ1n) is 7.24. The molecular formula is C16H25FN2O. The number of aryl methyl sites for hydroxylation is 1. The molecular weight excluding hydrogens is 255 g/mol. The Morgan fingerprint density at radius 2 is 2.00 bits per heavy atom. The molecule has 112 valence electrons. The predicted octanol–water partition coefficient (Wildman–Crippen LogP) is 2.11. The summed E-state index contributed by atoms with van der Waals surface area (Å²) in [5.41, 5.74) is 8.45. The Kier molecular flexibility index (Phi) is 4.78. The Hall–Kier alpha value is -0.970. The quantitative estimate of drug-likeness (QED) is 0.918. The molecule has 2 rings (SSSR count). The third-order valence-electron chi connectivity index (χ3n) is 4.48. The monoisotopic (exact) mass is 280 g/mol. The highest BCUT2D eigenvalue weighted by atomic mass is 19.1. The molecule has 0 spiro atoms. The van der Waals surface area contributed by atoms with Gasteiger partial charge in [-0.3, -0.25) is 4.90 Å². The van der Waals surface area contributed by atoms with Crippen molar-refractivity contribution in [3.05, 3.63) is 35.1 Å². The Balaban J connectivity index is 2.07. The van der Waals surface area contributed by atoms with Gasteiger partial charge in [0.2, 0.25) is 0 Å². The minimum atomic E-state index is -0.188. The van der Waals surface area contributed by atoms with E-state index in [1.54, 1.807) is 6.07 Å². The maximum Gasteiger partial charge on any atom is 0.123 e. The van der Waals surface area contributed by atoms with Crippen LogP contribution in [-0.2, 0) is 11.2 Å². The molecule has 20 heavy (non-hydrogen) atoms. The molecule has 0 amide bonds. The summed E-state index contributed by atoms with van der Waals surface area (Å²) in [6, 6.07) is 4.94. The molecule has 1 fully saturated rings. The lowest BCUT2D eigenvalue weighted by Gasteiger charge is -2.44. The summed E-state index contributed by atoms with van der Waals surface area (Å²) < 4.78 is 18.6. The summed E-state index contributed by atoms with van der Waals surface area (Å²) >= 11 is 0. The van der Waals surface area contributed by atoms with Crippen LogP contribution >= 0.6 is 0 Å². The summed E-state index contributed by atoms with van der Waals surface area (Å²) in [6.45, 7) is 9.68. The number of halogens is 1. The minimum Gasteiger partial charge on any atom is -0.379 e. The molecule has 1 unspecified atom stereocenters. The highest BCUT2D eigenvalue weighted by molar-refractivity contribution is 5.28. The van der Waals surface area contributed by atoms with Gasteiger partial charge in [-0.05, 0) is 50.5 Å². The van der Waals surface area contributed by atoms with Gasteiger partial charge >= 0.3 is 0 Å². The third-order valence-corrected chi connectivity index (χ3v) is 4.48. The predicted molar refractivity (Wildman–Crippen MR) is 79.3 cm³/mol. The van der Waals surface area contributed by atoms with Crippen molar-refractivity contribution >= 4 is 0 Å². The van der Waals surface area contributed by atoms with Gasteiger partial charge in [-0.15, -0.1) is 0 Å². The molecule has 1 heterocycles. The SMILES string of the molecule is Cc1cc(F)ccc1CC(N)C(C)(C)N1CCOCC1. The highest BCUT2D eigenvalue weighted by Gasteiger charge is 2.34. The lowest BCUT2D eigenvalue weighted by Crippen LogP contribution is -2.59. The topological polar surface area (TPSA) is 38.5 Å². The van der Waals surface area contributed by atoms with Crippen molar-refractivity contribution in [1.82, 2.24) is 4.90 Å². The van der Waals surface area contributed by atoms with Gasteiger partial charge in [0.05, 0.1) is 13.2 Å². The van der Waals surface area contributed by atoms with Crippen molar-refractivity contribution in [1.29, 1.82) is 0 Å². The molecule has 0 saturated carbocycles. The van der Waals surface area contributed by atoms with Crippen LogP contribution in [0.15, 0.2) is 18.2 Å². The molecule has 0 aliphatic carbocycles. The van der Waals surface area contributed by atoms with Gasteiger partial charge < -0.3 is 10.5 Å². The van der Waals surface area contributed by atoms with E-state index in [0.29, 0.717) is 0 Å². The van der Waals surface area contributed by atoms with Crippen molar-refractivity contribution in [3.8, 4) is 0 Å². The summed E-state index contributed by atoms with van der Waals surface area (Å²) in [7, 11) is 0. The second-order valence-corrected chi connectivity index (χ2v) is 6.13. The van der Waals surface area contributed by atoms with E-state index in [-0.39, 0.29) is 17.4 Å². The summed E-state index contributed by atoms with van der Waals surface area (Å²) in [4.78, 5) is 2.39. The van der Waals surface area contributed by atoms with Crippen LogP contribution in [-0.4, -0.2) is 42.8 Å². The van der Waals surface area contributed by atoms with E-state index >= 15 is 0 Å². The number of benzene rings is 1. The molecule has 1 atom stereocenters. The fraction of sp³-hybridized carbons (Fsp3) is 0.625. The van der Waals surface area contributed by atoms with E-state index < -0.39 is 0 Å². The molecule has 0 bridgehead atoms. The fourth-order valence-electron chi connectivity index (χ4n) is 2.75. The maximum absolute atomic E-state index is 13.2. The van der Waals surface area contributed by atoms with E-state index in [0.717, 1.165) is 43.9 Å². The van der Waals surface area contributed by atoms with Crippen molar-refractivity contribution in [2.45, 2.75) is 38.8 Å². The van der Waals surface area contributed by atoms with Gasteiger partial charge in [0, 0.05) is 24.7 Å². The van der Waals surface area contributed by atoms with Crippen LogP contribution in [0.4, 0.5) is 4.39 Å².